The van der Waals surface area contributed by atoms with Gasteiger partial charge in [0.15, 0.2) is 5.75 Å². The minimum absolute atomic E-state index is 0.00475. The van der Waals surface area contributed by atoms with Crippen molar-refractivity contribution in [1.29, 1.82) is 0 Å². The number of anilines is 2. The van der Waals surface area contributed by atoms with E-state index < -0.39 is 17.7 Å². The molecule has 9 heteroatoms. The van der Waals surface area contributed by atoms with Crippen molar-refractivity contribution in [3.63, 3.8) is 0 Å². The van der Waals surface area contributed by atoms with E-state index in [4.69, 9.17) is 5.11 Å². The number of hydrogen-bond acceptors (Lipinski definition) is 6. The van der Waals surface area contributed by atoms with Gasteiger partial charge in [-0.05, 0) is 12.1 Å². The zero-order valence-corrected chi connectivity index (χ0v) is 10.1. The molecule has 0 radical (unpaired) electrons. The number of carboxylic acids is 1. The second kappa shape index (κ2) is 5.31. The summed E-state index contributed by atoms with van der Waals surface area (Å²) >= 11 is 0.984. The number of carboxylic acid groups (broad SMARTS) is 1. The Morgan fingerprint density at radius 3 is 2.68 bits per heavy atom. The lowest BCUT2D eigenvalue weighted by Gasteiger charge is -2.08. The van der Waals surface area contributed by atoms with Crippen LogP contribution in [-0.4, -0.2) is 31.8 Å². The Bertz CT molecular complexity index is 614. The van der Waals surface area contributed by atoms with Crippen molar-refractivity contribution in [3.8, 4) is 5.75 Å². The Hall–Kier alpha value is -2.68. The summed E-state index contributed by atoms with van der Waals surface area (Å²) in [5, 5.41) is 27.2. The fraction of sp³-hybridized carbons (Fsp3) is 0. The number of urea groups is 1. The number of benzene rings is 1. The number of para-hydroxylation sites is 1. The molecule has 0 fully saturated rings. The van der Waals surface area contributed by atoms with Crippen LogP contribution in [0.2, 0.25) is 0 Å². The molecular weight excluding hydrogens is 272 g/mol. The number of aromatic nitrogens is 2. The number of aromatic carboxylic acids is 1. The van der Waals surface area contributed by atoms with E-state index >= 15 is 0 Å². The van der Waals surface area contributed by atoms with Crippen LogP contribution in [0.1, 0.15) is 10.4 Å². The topological polar surface area (TPSA) is 124 Å². The maximum absolute atomic E-state index is 11.6. The Labute approximate surface area is 110 Å². The number of aromatic hydroxyl groups is 1. The summed E-state index contributed by atoms with van der Waals surface area (Å²) in [6, 6.07) is 3.39. The molecule has 2 rings (SSSR count). The lowest BCUT2D eigenvalue weighted by molar-refractivity contribution is 0.0694. The lowest BCUT2D eigenvalue weighted by Crippen LogP contribution is -2.19. The predicted octanol–water partition coefficient (Wildman–Crippen LogP) is 1.59. The Morgan fingerprint density at radius 2 is 2.05 bits per heavy atom. The molecule has 0 aliphatic rings. The van der Waals surface area contributed by atoms with Crippen molar-refractivity contribution < 1.29 is 19.8 Å². The molecule has 0 atom stereocenters. The average Bonchev–Trinajstić information content (AvgIpc) is 2.84. The third kappa shape index (κ3) is 2.96. The maximum atomic E-state index is 11.6. The van der Waals surface area contributed by atoms with Gasteiger partial charge in [0.05, 0.1) is 11.9 Å². The second-order valence-electron chi connectivity index (χ2n) is 3.37. The number of hydrogen-bond donors (Lipinski definition) is 4. The fourth-order valence-corrected chi connectivity index (χ4v) is 1.72. The third-order valence-electron chi connectivity index (χ3n) is 2.11. The third-order valence-corrected chi connectivity index (χ3v) is 2.69. The van der Waals surface area contributed by atoms with Crippen molar-refractivity contribution in [2.45, 2.75) is 0 Å². The van der Waals surface area contributed by atoms with E-state index in [1.54, 1.807) is 0 Å². The van der Waals surface area contributed by atoms with Crippen molar-refractivity contribution in [2.24, 2.45) is 0 Å². The van der Waals surface area contributed by atoms with Crippen molar-refractivity contribution in [2.75, 3.05) is 10.6 Å². The molecule has 2 amide bonds. The Kier molecular flexibility index (Phi) is 3.57. The first-order valence-corrected chi connectivity index (χ1v) is 5.76. The highest BCUT2D eigenvalue weighted by molar-refractivity contribution is 7.10. The number of rotatable bonds is 3. The zero-order valence-electron chi connectivity index (χ0n) is 9.32. The molecule has 1 heterocycles. The molecule has 1 aromatic heterocycles. The first kappa shape index (κ1) is 12.8. The van der Waals surface area contributed by atoms with E-state index in [0.717, 1.165) is 11.5 Å². The van der Waals surface area contributed by atoms with Gasteiger partial charge in [0.25, 0.3) is 0 Å². The van der Waals surface area contributed by atoms with Crippen LogP contribution in [-0.2, 0) is 0 Å². The monoisotopic (exact) mass is 280 g/mol. The van der Waals surface area contributed by atoms with Gasteiger partial charge in [0, 0.05) is 11.5 Å². The molecule has 8 nitrogen and oxygen atoms in total. The van der Waals surface area contributed by atoms with Crippen molar-refractivity contribution in [3.05, 3.63) is 30.0 Å². The molecular formula is C10H8N4O4S. The molecule has 0 unspecified atom stereocenters. The highest BCUT2D eigenvalue weighted by Crippen LogP contribution is 2.27. The summed E-state index contributed by atoms with van der Waals surface area (Å²) in [7, 11) is 0. The van der Waals surface area contributed by atoms with Gasteiger partial charge in [-0.1, -0.05) is 10.6 Å². The minimum Gasteiger partial charge on any atom is -0.505 e. The lowest BCUT2D eigenvalue weighted by atomic mass is 10.2. The number of carbonyl (C=O) groups excluding carboxylic acids is 1. The van der Waals surface area contributed by atoms with Gasteiger partial charge in [0.1, 0.15) is 10.6 Å². The van der Waals surface area contributed by atoms with E-state index in [9.17, 15) is 14.7 Å². The van der Waals surface area contributed by atoms with Crippen LogP contribution in [0.15, 0.2) is 24.4 Å². The van der Waals surface area contributed by atoms with Crippen LogP contribution in [0.5, 0.6) is 5.75 Å². The molecule has 19 heavy (non-hydrogen) atoms. The highest BCUT2D eigenvalue weighted by atomic mass is 32.1. The van der Waals surface area contributed by atoms with Gasteiger partial charge in [-0.25, -0.2) is 9.59 Å². The average molecular weight is 280 g/mol. The smallest absolute Gasteiger partial charge is 0.339 e. The largest absolute Gasteiger partial charge is 0.505 e. The fourth-order valence-electron chi connectivity index (χ4n) is 1.30. The van der Waals surface area contributed by atoms with Gasteiger partial charge >= 0.3 is 12.0 Å². The predicted molar refractivity (Wildman–Crippen MR) is 67.6 cm³/mol. The summed E-state index contributed by atoms with van der Waals surface area (Å²) < 4.78 is 3.56. The van der Waals surface area contributed by atoms with E-state index in [0.29, 0.717) is 5.00 Å². The molecule has 1 aromatic carbocycles. The zero-order chi connectivity index (χ0) is 13.8. The number of phenols is 1. The summed E-state index contributed by atoms with van der Waals surface area (Å²) in [6.07, 6.45) is 1.36. The van der Waals surface area contributed by atoms with Gasteiger partial charge in [-0.2, -0.15) is 0 Å². The molecule has 2 aromatic rings. The van der Waals surface area contributed by atoms with E-state index in [1.165, 1.54) is 24.4 Å². The number of carbonyl (C=O) groups is 2. The molecule has 0 aliphatic carbocycles. The summed E-state index contributed by atoms with van der Waals surface area (Å²) in [5.41, 5.74) is -0.299. The molecule has 0 spiro atoms. The number of nitrogens with one attached hydrogen (secondary N) is 2. The van der Waals surface area contributed by atoms with Gasteiger partial charge in [0.2, 0.25) is 0 Å². The molecule has 0 saturated carbocycles. The molecule has 0 bridgehead atoms. The van der Waals surface area contributed by atoms with Crippen LogP contribution in [0.3, 0.4) is 0 Å². The van der Waals surface area contributed by atoms with Crippen LogP contribution in [0.4, 0.5) is 15.5 Å². The van der Waals surface area contributed by atoms with E-state index in [-0.39, 0.29) is 11.3 Å². The van der Waals surface area contributed by atoms with Crippen molar-refractivity contribution >= 4 is 34.2 Å². The molecule has 4 N–H and O–H groups in total. The Balaban J connectivity index is 2.13. The first-order valence-electron chi connectivity index (χ1n) is 4.98. The maximum Gasteiger partial charge on any atom is 0.339 e. The Morgan fingerprint density at radius 1 is 1.26 bits per heavy atom. The van der Waals surface area contributed by atoms with Gasteiger partial charge in [-0.15, -0.1) is 5.10 Å². The van der Waals surface area contributed by atoms with Crippen LogP contribution >= 0.6 is 11.5 Å². The van der Waals surface area contributed by atoms with E-state index in [2.05, 4.69) is 20.2 Å². The quantitative estimate of drug-likeness (QED) is 0.633. The summed E-state index contributed by atoms with van der Waals surface area (Å²) in [5.74, 6) is -1.79. The normalized spacial score (nSPS) is 9.89. The van der Waals surface area contributed by atoms with Crippen LogP contribution < -0.4 is 10.6 Å². The van der Waals surface area contributed by atoms with Gasteiger partial charge < -0.3 is 15.5 Å². The highest BCUT2D eigenvalue weighted by Gasteiger charge is 2.14. The summed E-state index contributed by atoms with van der Waals surface area (Å²) in [4.78, 5) is 22.4. The van der Waals surface area contributed by atoms with Gasteiger partial charge in [-0.3, -0.25) is 5.32 Å². The molecule has 0 saturated heterocycles. The first-order chi connectivity index (χ1) is 9.08. The second-order valence-corrected chi connectivity index (χ2v) is 4.15. The SMILES string of the molecule is O=C(Nc1cnns1)Nc1cccc(C(=O)O)c1O. The van der Waals surface area contributed by atoms with Crippen LogP contribution in [0, 0.1) is 0 Å². The minimum atomic E-state index is -1.28. The number of amides is 2. The van der Waals surface area contributed by atoms with Crippen molar-refractivity contribution in [1.82, 2.24) is 9.59 Å². The molecule has 0 aliphatic heterocycles. The standard InChI is InChI=1S/C10H8N4O4S/c15-8-5(9(16)17)2-1-3-6(8)12-10(18)13-7-4-11-14-19-7/h1-4,15H,(H,16,17)(H2,12,13,18). The molecule has 98 valence electrons. The van der Waals surface area contributed by atoms with E-state index in [1.807, 2.05) is 0 Å². The van der Waals surface area contributed by atoms with Crippen LogP contribution in [0.25, 0.3) is 0 Å². The number of nitrogens with zero attached hydrogens (tertiary/aromatic N) is 2. The summed E-state index contributed by atoms with van der Waals surface area (Å²) in [6.45, 7) is 0.